The standard InChI is InChI=1S/C9H18O/c1-4-8(2)6-5-7-9(3)10/h6,9-10H,4-5,7H2,1-3H3. The fraction of sp³-hybridized carbons (Fsp3) is 0.778. The lowest BCUT2D eigenvalue weighted by Gasteiger charge is -2.00. The fourth-order valence-corrected chi connectivity index (χ4v) is 0.715. The first-order valence-corrected chi connectivity index (χ1v) is 4.00. The van der Waals surface area contributed by atoms with Gasteiger partial charge in [0.15, 0.2) is 0 Å². The monoisotopic (exact) mass is 142 g/mol. The van der Waals surface area contributed by atoms with Crippen LogP contribution in [0.15, 0.2) is 11.6 Å². The molecule has 10 heavy (non-hydrogen) atoms. The second kappa shape index (κ2) is 5.48. The summed E-state index contributed by atoms with van der Waals surface area (Å²) in [5.74, 6) is 0. The molecule has 0 saturated carbocycles. The van der Waals surface area contributed by atoms with Crippen molar-refractivity contribution in [2.45, 2.75) is 46.1 Å². The highest BCUT2D eigenvalue weighted by Crippen LogP contribution is 2.03. The van der Waals surface area contributed by atoms with Gasteiger partial charge in [-0.25, -0.2) is 0 Å². The number of aliphatic hydroxyl groups excluding tert-OH is 1. The molecule has 0 aromatic carbocycles. The molecule has 0 amide bonds. The first-order valence-electron chi connectivity index (χ1n) is 4.00. The Morgan fingerprint density at radius 3 is 2.60 bits per heavy atom. The summed E-state index contributed by atoms with van der Waals surface area (Å²) in [6.45, 7) is 6.10. The molecule has 1 atom stereocenters. The van der Waals surface area contributed by atoms with Crippen LogP contribution in [0.4, 0.5) is 0 Å². The van der Waals surface area contributed by atoms with Crippen molar-refractivity contribution in [1.82, 2.24) is 0 Å². The van der Waals surface area contributed by atoms with E-state index in [4.69, 9.17) is 5.11 Å². The van der Waals surface area contributed by atoms with E-state index in [1.165, 1.54) is 5.57 Å². The van der Waals surface area contributed by atoms with Crippen LogP contribution < -0.4 is 0 Å². The second-order valence-electron chi connectivity index (χ2n) is 2.83. The molecule has 0 aliphatic heterocycles. The van der Waals surface area contributed by atoms with Crippen LogP contribution in [0.5, 0.6) is 0 Å². The lowest BCUT2D eigenvalue weighted by molar-refractivity contribution is 0.186. The van der Waals surface area contributed by atoms with E-state index in [9.17, 15) is 0 Å². The number of aliphatic hydroxyl groups is 1. The molecule has 0 radical (unpaired) electrons. The molecule has 0 saturated heterocycles. The zero-order chi connectivity index (χ0) is 7.98. The van der Waals surface area contributed by atoms with E-state index in [2.05, 4.69) is 19.9 Å². The van der Waals surface area contributed by atoms with Crippen molar-refractivity contribution in [1.29, 1.82) is 0 Å². The Balaban J connectivity index is 3.34. The average molecular weight is 142 g/mol. The van der Waals surface area contributed by atoms with Crippen LogP contribution >= 0.6 is 0 Å². The molecular weight excluding hydrogens is 124 g/mol. The minimum atomic E-state index is -0.152. The van der Waals surface area contributed by atoms with E-state index < -0.39 is 0 Å². The molecule has 0 spiro atoms. The second-order valence-corrected chi connectivity index (χ2v) is 2.83. The van der Waals surface area contributed by atoms with Gasteiger partial charge in [-0.2, -0.15) is 0 Å². The van der Waals surface area contributed by atoms with Gasteiger partial charge in [0.2, 0.25) is 0 Å². The van der Waals surface area contributed by atoms with Gasteiger partial charge in [-0.05, 0) is 33.1 Å². The van der Waals surface area contributed by atoms with Gasteiger partial charge < -0.3 is 5.11 Å². The normalized spacial score (nSPS) is 15.4. The lowest BCUT2D eigenvalue weighted by atomic mass is 10.1. The van der Waals surface area contributed by atoms with Gasteiger partial charge in [0.25, 0.3) is 0 Å². The molecule has 0 fully saturated rings. The van der Waals surface area contributed by atoms with Gasteiger partial charge in [0.1, 0.15) is 0 Å². The van der Waals surface area contributed by atoms with Crippen LogP contribution in [0.3, 0.4) is 0 Å². The molecule has 0 aliphatic rings. The smallest absolute Gasteiger partial charge is 0.0515 e. The molecule has 0 rings (SSSR count). The maximum absolute atomic E-state index is 8.91. The minimum absolute atomic E-state index is 0.152. The molecule has 0 bridgehead atoms. The van der Waals surface area contributed by atoms with E-state index >= 15 is 0 Å². The molecule has 0 heterocycles. The van der Waals surface area contributed by atoms with Crippen LogP contribution in [-0.4, -0.2) is 11.2 Å². The summed E-state index contributed by atoms with van der Waals surface area (Å²) < 4.78 is 0. The molecule has 1 unspecified atom stereocenters. The van der Waals surface area contributed by atoms with Gasteiger partial charge in [-0.3, -0.25) is 0 Å². The third-order valence-electron chi connectivity index (χ3n) is 1.63. The van der Waals surface area contributed by atoms with Gasteiger partial charge in [-0.15, -0.1) is 0 Å². The number of rotatable bonds is 4. The highest BCUT2D eigenvalue weighted by atomic mass is 16.3. The summed E-state index contributed by atoms with van der Waals surface area (Å²) in [5, 5.41) is 8.91. The average Bonchev–Trinajstić information content (AvgIpc) is 1.87. The van der Waals surface area contributed by atoms with E-state index in [-0.39, 0.29) is 6.10 Å². The van der Waals surface area contributed by atoms with E-state index in [0.717, 1.165) is 19.3 Å². The lowest BCUT2D eigenvalue weighted by Crippen LogP contribution is -1.97. The molecular formula is C9H18O. The van der Waals surface area contributed by atoms with Crippen molar-refractivity contribution in [3.8, 4) is 0 Å². The molecule has 60 valence electrons. The number of hydrogen-bond acceptors (Lipinski definition) is 1. The predicted octanol–water partition coefficient (Wildman–Crippen LogP) is 2.50. The zero-order valence-electron chi connectivity index (χ0n) is 7.22. The van der Waals surface area contributed by atoms with Crippen molar-refractivity contribution in [2.75, 3.05) is 0 Å². The molecule has 1 nitrogen and oxygen atoms in total. The highest BCUT2D eigenvalue weighted by molar-refractivity contribution is 4.96. The van der Waals surface area contributed by atoms with Crippen molar-refractivity contribution < 1.29 is 5.11 Å². The van der Waals surface area contributed by atoms with Crippen LogP contribution in [0.25, 0.3) is 0 Å². The van der Waals surface area contributed by atoms with Crippen LogP contribution in [0, 0.1) is 0 Å². The quantitative estimate of drug-likeness (QED) is 0.598. The molecule has 0 aromatic rings. The SMILES string of the molecule is CCC(C)=CCCC(C)O. The summed E-state index contributed by atoms with van der Waals surface area (Å²) in [5.41, 5.74) is 1.42. The molecule has 1 heteroatoms. The van der Waals surface area contributed by atoms with Gasteiger partial charge in [0, 0.05) is 0 Å². The van der Waals surface area contributed by atoms with E-state index in [1.54, 1.807) is 0 Å². The first-order chi connectivity index (χ1) is 4.66. The Morgan fingerprint density at radius 1 is 1.60 bits per heavy atom. The maximum Gasteiger partial charge on any atom is 0.0515 e. The molecule has 1 N–H and O–H groups in total. The van der Waals surface area contributed by atoms with Gasteiger partial charge in [-0.1, -0.05) is 18.6 Å². The third kappa shape index (κ3) is 5.83. The number of hydrogen-bond donors (Lipinski definition) is 1. The summed E-state index contributed by atoms with van der Waals surface area (Å²) in [6, 6.07) is 0. The highest BCUT2D eigenvalue weighted by Gasteiger charge is 1.91. The topological polar surface area (TPSA) is 20.2 Å². The van der Waals surface area contributed by atoms with E-state index in [0.29, 0.717) is 0 Å². The third-order valence-corrected chi connectivity index (χ3v) is 1.63. The van der Waals surface area contributed by atoms with Crippen molar-refractivity contribution in [3.05, 3.63) is 11.6 Å². The number of allylic oxidation sites excluding steroid dienone is 2. The van der Waals surface area contributed by atoms with Crippen LogP contribution in [0.2, 0.25) is 0 Å². The fourth-order valence-electron chi connectivity index (χ4n) is 0.715. The Labute approximate surface area is 63.8 Å². The Hall–Kier alpha value is -0.300. The van der Waals surface area contributed by atoms with Gasteiger partial charge >= 0.3 is 0 Å². The van der Waals surface area contributed by atoms with Crippen molar-refractivity contribution in [3.63, 3.8) is 0 Å². The predicted molar refractivity (Wildman–Crippen MR) is 45.0 cm³/mol. The summed E-state index contributed by atoms with van der Waals surface area (Å²) >= 11 is 0. The van der Waals surface area contributed by atoms with E-state index in [1.807, 2.05) is 6.92 Å². The van der Waals surface area contributed by atoms with Crippen molar-refractivity contribution in [2.24, 2.45) is 0 Å². The minimum Gasteiger partial charge on any atom is -0.393 e. The summed E-state index contributed by atoms with van der Waals surface area (Å²) in [7, 11) is 0. The zero-order valence-corrected chi connectivity index (χ0v) is 7.22. The molecule has 0 aliphatic carbocycles. The van der Waals surface area contributed by atoms with Crippen molar-refractivity contribution >= 4 is 0 Å². The summed E-state index contributed by atoms with van der Waals surface area (Å²) in [6.07, 6.45) is 5.07. The largest absolute Gasteiger partial charge is 0.393 e. The maximum atomic E-state index is 8.91. The van der Waals surface area contributed by atoms with Crippen LogP contribution in [-0.2, 0) is 0 Å². The van der Waals surface area contributed by atoms with Gasteiger partial charge in [0.05, 0.1) is 6.10 Å². The van der Waals surface area contributed by atoms with Crippen LogP contribution in [0.1, 0.15) is 40.0 Å². The summed E-state index contributed by atoms with van der Waals surface area (Å²) in [4.78, 5) is 0. The first kappa shape index (κ1) is 9.70. The Morgan fingerprint density at radius 2 is 2.20 bits per heavy atom. The Kier molecular flexibility index (Phi) is 5.32. The Bertz CT molecular complexity index is 103. The molecule has 0 aromatic heterocycles.